The maximum absolute atomic E-state index is 9.60. The minimum atomic E-state index is 0.0670. The average molecular weight is 307 g/mol. The first-order chi connectivity index (χ1) is 11.1. The molecule has 0 spiro atoms. The average Bonchev–Trinajstić information content (AvgIpc) is 3.08. The van der Waals surface area contributed by atoms with Gasteiger partial charge < -0.3 is 20.0 Å². The van der Waals surface area contributed by atoms with Gasteiger partial charge in [0.2, 0.25) is 0 Å². The lowest BCUT2D eigenvalue weighted by molar-refractivity contribution is 0.409. The van der Waals surface area contributed by atoms with Crippen LogP contribution in [0.15, 0.2) is 47.1 Å². The highest BCUT2D eigenvalue weighted by Gasteiger charge is 2.17. The van der Waals surface area contributed by atoms with Crippen LogP contribution in [0.3, 0.4) is 0 Å². The Morgan fingerprint density at radius 3 is 2.74 bits per heavy atom. The number of nitriles is 1. The van der Waals surface area contributed by atoms with Crippen LogP contribution in [0.4, 0.5) is 5.82 Å². The van der Waals surface area contributed by atoms with E-state index in [9.17, 15) is 10.4 Å². The molecular weight excluding hydrogens is 294 g/mol. The van der Waals surface area contributed by atoms with E-state index in [0.717, 1.165) is 0 Å². The van der Waals surface area contributed by atoms with Gasteiger partial charge in [0, 0.05) is 17.2 Å². The molecule has 3 N–H and O–H groups in total. The van der Waals surface area contributed by atoms with Crippen molar-refractivity contribution in [2.45, 2.75) is 0 Å². The third-order valence-corrected chi connectivity index (χ3v) is 3.41. The van der Waals surface area contributed by atoms with Crippen molar-refractivity contribution in [2.24, 2.45) is 0 Å². The Labute approximate surface area is 132 Å². The summed E-state index contributed by atoms with van der Waals surface area (Å²) in [5, 5.41) is 19.0. The van der Waals surface area contributed by atoms with Gasteiger partial charge in [0.25, 0.3) is 0 Å². The van der Waals surface area contributed by atoms with Crippen LogP contribution in [-0.4, -0.2) is 17.2 Å². The van der Waals surface area contributed by atoms with Gasteiger partial charge in [-0.2, -0.15) is 5.26 Å². The number of aromatic nitrogens is 1. The maximum Gasteiger partial charge on any atom is 0.152 e. The molecule has 114 valence electrons. The molecule has 0 aliphatic carbocycles. The van der Waals surface area contributed by atoms with E-state index in [4.69, 9.17) is 14.9 Å². The second kappa shape index (κ2) is 5.73. The van der Waals surface area contributed by atoms with Gasteiger partial charge in [0.05, 0.1) is 13.4 Å². The minimum Gasteiger partial charge on any atom is -0.508 e. The largest absolute Gasteiger partial charge is 0.508 e. The molecule has 3 rings (SSSR count). The van der Waals surface area contributed by atoms with Crippen molar-refractivity contribution >= 4 is 5.82 Å². The Morgan fingerprint density at radius 1 is 1.26 bits per heavy atom. The summed E-state index contributed by atoms with van der Waals surface area (Å²) in [4.78, 5) is 4.22. The summed E-state index contributed by atoms with van der Waals surface area (Å²) < 4.78 is 10.6. The molecule has 0 unspecified atom stereocenters. The van der Waals surface area contributed by atoms with Crippen LogP contribution in [-0.2, 0) is 0 Å². The highest BCUT2D eigenvalue weighted by atomic mass is 16.5. The molecule has 3 aromatic rings. The number of pyridine rings is 1. The molecular formula is C17H13N3O3. The molecule has 0 aliphatic rings. The van der Waals surface area contributed by atoms with Gasteiger partial charge >= 0.3 is 0 Å². The molecule has 0 saturated carbocycles. The fraction of sp³-hybridized carbons (Fsp3) is 0.0588. The lowest BCUT2D eigenvalue weighted by Gasteiger charge is -2.12. The first-order valence-corrected chi connectivity index (χ1v) is 6.76. The number of furan rings is 1. The Bertz CT molecular complexity index is 896. The summed E-state index contributed by atoms with van der Waals surface area (Å²) >= 11 is 0. The maximum atomic E-state index is 9.60. The van der Waals surface area contributed by atoms with Gasteiger partial charge in [0.15, 0.2) is 5.76 Å². The Morgan fingerprint density at radius 2 is 2.09 bits per heavy atom. The van der Waals surface area contributed by atoms with E-state index in [1.165, 1.54) is 25.5 Å². The van der Waals surface area contributed by atoms with Gasteiger partial charge in [-0.15, -0.1) is 0 Å². The van der Waals surface area contributed by atoms with E-state index >= 15 is 0 Å². The number of ether oxygens (including phenoxy) is 1. The summed E-state index contributed by atoms with van der Waals surface area (Å²) in [6.45, 7) is 0. The van der Waals surface area contributed by atoms with E-state index in [0.29, 0.717) is 28.3 Å². The number of nitrogens with zero attached hydrogens (tertiary/aromatic N) is 2. The second-order valence-electron chi connectivity index (χ2n) is 4.79. The zero-order chi connectivity index (χ0) is 16.4. The molecule has 0 radical (unpaired) electrons. The summed E-state index contributed by atoms with van der Waals surface area (Å²) in [6.07, 6.45) is 1.53. The number of nitrogen functional groups attached to an aromatic ring is 1. The van der Waals surface area contributed by atoms with Crippen molar-refractivity contribution in [3.63, 3.8) is 0 Å². The molecule has 0 atom stereocenters. The predicted octanol–water partition coefficient (Wildman–Crippen LogP) is 3.18. The normalized spacial score (nSPS) is 10.3. The molecule has 0 bridgehead atoms. The molecule has 6 heteroatoms. The third-order valence-electron chi connectivity index (χ3n) is 3.41. The smallest absolute Gasteiger partial charge is 0.152 e. The fourth-order valence-corrected chi connectivity index (χ4v) is 2.35. The second-order valence-corrected chi connectivity index (χ2v) is 4.79. The molecule has 1 aromatic carbocycles. The SMILES string of the molecule is COc1cc(O)ccc1-c1cc(-c2ccco2)nc(N)c1C#N. The number of benzene rings is 1. The fourth-order valence-electron chi connectivity index (χ4n) is 2.35. The van der Waals surface area contributed by atoms with Gasteiger partial charge in [-0.1, -0.05) is 0 Å². The standard InChI is InChI=1S/C17H13N3O3/c1-22-16-7-10(21)4-5-11(16)12-8-14(15-3-2-6-23-15)20-17(19)13(12)9-18/h2-8,21H,1H3,(H2,19,20). The first-order valence-electron chi connectivity index (χ1n) is 6.76. The molecule has 2 heterocycles. The van der Waals surface area contributed by atoms with E-state index in [1.54, 1.807) is 24.3 Å². The van der Waals surface area contributed by atoms with E-state index in [1.807, 2.05) is 0 Å². The van der Waals surface area contributed by atoms with E-state index in [-0.39, 0.29) is 17.1 Å². The lowest BCUT2D eigenvalue weighted by Crippen LogP contribution is -2.00. The van der Waals surface area contributed by atoms with Crippen molar-refractivity contribution in [1.82, 2.24) is 4.98 Å². The van der Waals surface area contributed by atoms with Crippen molar-refractivity contribution in [3.05, 3.63) is 48.2 Å². The van der Waals surface area contributed by atoms with Crippen molar-refractivity contribution in [3.8, 4) is 40.1 Å². The molecule has 23 heavy (non-hydrogen) atoms. The van der Waals surface area contributed by atoms with E-state index < -0.39 is 0 Å². The number of hydrogen-bond donors (Lipinski definition) is 2. The Kier molecular flexibility index (Phi) is 3.61. The summed E-state index contributed by atoms with van der Waals surface area (Å²) in [5.74, 6) is 1.14. The molecule has 0 fully saturated rings. The summed E-state index contributed by atoms with van der Waals surface area (Å²) in [6, 6.07) is 11.9. The molecule has 6 nitrogen and oxygen atoms in total. The van der Waals surface area contributed by atoms with Gasteiger partial charge in [-0.05, 0) is 30.3 Å². The van der Waals surface area contributed by atoms with Crippen molar-refractivity contribution < 1.29 is 14.3 Å². The number of aromatic hydroxyl groups is 1. The minimum absolute atomic E-state index is 0.0670. The number of methoxy groups -OCH3 is 1. The number of nitrogens with two attached hydrogens (primary N) is 1. The topological polar surface area (TPSA) is 105 Å². The van der Waals surface area contributed by atoms with Crippen LogP contribution in [0.5, 0.6) is 11.5 Å². The van der Waals surface area contributed by atoms with Gasteiger partial charge in [-0.3, -0.25) is 0 Å². The summed E-state index contributed by atoms with van der Waals surface area (Å²) in [7, 11) is 1.49. The molecule has 0 amide bonds. The van der Waals surface area contributed by atoms with Crippen molar-refractivity contribution in [1.29, 1.82) is 5.26 Å². The quantitative estimate of drug-likeness (QED) is 0.770. The zero-order valence-electron chi connectivity index (χ0n) is 12.3. The highest BCUT2D eigenvalue weighted by molar-refractivity contribution is 5.82. The summed E-state index contributed by atoms with van der Waals surface area (Å²) in [5.41, 5.74) is 7.87. The van der Waals surface area contributed by atoms with Crippen LogP contribution in [0, 0.1) is 11.3 Å². The van der Waals surface area contributed by atoms with Crippen molar-refractivity contribution in [2.75, 3.05) is 12.8 Å². The molecule has 0 saturated heterocycles. The number of hydrogen-bond acceptors (Lipinski definition) is 6. The first kappa shape index (κ1) is 14.5. The lowest BCUT2D eigenvalue weighted by atomic mass is 9.98. The van der Waals surface area contributed by atoms with Crippen LogP contribution in [0.2, 0.25) is 0 Å². The number of phenols is 1. The third kappa shape index (κ3) is 2.56. The number of rotatable bonds is 3. The monoisotopic (exact) mass is 307 g/mol. The predicted molar refractivity (Wildman–Crippen MR) is 84.7 cm³/mol. The van der Waals surface area contributed by atoms with Crippen LogP contribution < -0.4 is 10.5 Å². The van der Waals surface area contributed by atoms with Crippen LogP contribution in [0.25, 0.3) is 22.6 Å². The van der Waals surface area contributed by atoms with Gasteiger partial charge in [0.1, 0.15) is 34.6 Å². The van der Waals surface area contributed by atoms with Crippen LogP contribution >= 0.6 is 0 Å². The highest BCUT2D eigenvalue weighted by Crippen LogP contribution is 2.37. The molecule has 0 aliphatic heterocycles. The zero-order valence-corrected chi connectivity index (χ0v) is 12.3. The Hall–Kier alpha value is -3.46. The van der Waals surface area contributed by atoms with E-state index in [2.05, 4.69) is 11.1 Å². The Balaban J connectivity index is 2.28. The number of phenolic OH excluding ortho intramolecular Hbond substituents is 1. The van der Waals surface area contributed by atoms with Gasteiger partial charge in [-0.25, -0.2) is 4.98 Å². The van der Waals surface area contributed by atoms with Crippen LogP contribution in [0.1, 0.15) is 5.56 Å². The molecule has 2 aromatic heterocycles. The number of anilines is 1.